The molecule has 0 bridgehead atoms. The summed E-state index contributed by atoms with van der Waals surface area (Å²) < 4.78 is 0. The van der Waals surface area contributed by atoms with Crippen LogP contribution in [0.5, 0.6) is 0 Å². The van der Waals surface area contributed by atoms with E-state index in [0.29, 0.717) is 16.4 Å². The lowest BCUT2D eigenvalue weighted by atomic mass is 9.89. The fourth-order valence-electron chi connectivity index (χ4n) is 2.62. The monoisotopic (exact) mass is 351 g/mol. The number of aromatic nitrogens is 1. The van der Waals surface area contributed by atoms with Crippen molar-refractivity contribution in [1.82, 2.24) is 4.98 Å². The second kappa shape index (κ2) is 6.95. The largest absolute Gasteiger partial charge is 0.379 e. The molecule has 3 N–H and O–H groups in total. The van der Waals surface area contributed by atoms with Gasteiger partial charge in [-0.05, 0) is 43.2 Å². The van der Waals surface area contributed by atoms with Crippen LogP contribution in [0.15, 0.2) is 47.6 Å². The van der Waals surface area contributed by atoms with E-state index in [1.54, 1.807) is 17.8 Å². The molecule has 2 aromatic rings. The number of amides is 1. The molecule has 3 rings (SSSR count). The molecule has 0 saturated heterocycles. The number of hydrogen-bond acceptors (Lipinski definition) is 6. The molecule has 1 amide bonds. The van der Waals surface area contributed by atoms with Crippen LogP contribution in [0.3, 0.4) is 0 Å². The third-order valence-electron chi connectivity index (χ3n) is 4.08. The molecule has 0 radical (unpaired) electrons. The second-order valence-electron chi connectivity index (χ2n) is 5.90. The van der Waals surface area contributed by atoms with Gasteiger partial charge in [-0.25, -0.2) is 4.98 Å². The maximum Gasteiger partial charge on any atom is 0.257 e. The highest BCUT2D eigenvalue weighted by atomic mass is 32.2. The maximum absolute atomic E-state index is 12.3. The molecule has 2 heterocycles. The lowest BCUT2D eigenvalue weighted by molar-refractivity contribution is 0.102. The number of anilines is 1. The van der Waals surface area contributed by atoms with Crippen LogP contribution in [0.1, 0.15) is 35.0 Å². The van der Waals surface area contributed by atoms with Crippen LogP contribution in [-0.4, -0.2) is 21.8 Å². The Kier molecular flexibility index (Phi) is 4.72. The first-order valence-electron chi connectivity index (χ1n) is 7.76. The van der Waals surface area contributed by atoms with Gasteiger partial charge in [-0.2, -0.15) is 5.26 Å². The Morgan fingerprint density at radius 2 is 2.24 bits per heavy atom. The molecule has 1 unspecified atom stereocenters. The number of rotatable bonds is 3. The molecule has 1 atom stereocenters. The first kappa shape index (κ1) is 17.0. The Morgan fingerprint density at radius 3 is 2.92 bits per heavy atom. The first-order valence-corrected chi connectivity index (χ1v) is 8.75. The van der Waals surface area contributed by atoms with Gasteiger partial charge in [-0.3, -0.25) is 9.79 Å². The fourth-order valence-corrected chi connectivity index (χ4v) is 3.60. The van der Waals surface area contributed by atoms with Crippen molar-refractivity contribution in [2.75, 3.05) is 11.1 Å². The van der Waals surface area contributed by atoms with Gasteiger partial charge < -0.3 is 11.1 Å². The van der Waals surface area contributed by atoms with Crippen molar-refractivity contribution in [3.8, 4) is 6.07 Å². The predicted octanol–water partition coefficient (Wildman–Crippen LogP) is 2.87. The van der Waals surface area contributed by atoms with E-state index in [0.717, 1.165) is 17.7 Å². The van der Waals surface area contributed by atoms with Gasteiger partial charge in [-0.1, -0.05) is 23.9 Å². The zero-order valence-corrected chi connectivity index (χ0v) is 14.5. The van der Waals surface area contributed by atoms with Gasteiger partial charge in [-0.15, -0.1) is 0 Å². The Balaban J connectivity index is 1.81. The topological polar surface area (TPSA) is 104 Å². The minimum absolute atomic E-state index is 0.275. The van der Waals surface area contributed by atoms with Crippen LogP contribution in [0.4, 0.5) is 5.69 Å². The lowest BCUT2D eigenvalue weighted by Crippen LogP contribution is -2.28. The van der Waals surface area contributed by atoms with E-state index in [1.807, 2.05) is 37.3 Å². The molecule has 1 aromatic heterocycles. The molecule has 6 nitrogen and oxygen atoms in total. The lowest BCUT2D eigenvalue weighted by Gasteiger charge is -2.30. The maximum atomic E-state index is 12.3. The molecule has 1 aliphatic heterocycles. The summed E-state index contributed by atoms with van der Waals surface area (Å²) in [5, 5.41) is 12.2. The van der Waals surface area contributed by atoms with Crippen molar-refractivity contribution in [3.63, 3.8) is 0 Å². The SMILES string of the molecule is CC1(c2cccc(NC(=O)c3ccc(C#N)nc3)c2)CCSC(N)=N1. The minimum Gasteiger partial charge on any atom is -0.379 e. The molecule has 7 heteroatoms. The number of aliphatic imine (C=N–C) groups is 1. The van der Waals surface area contributed by atoms with Crippen molar-refractivity contribution in [3.05, 3.63) is 59.4 Å². The normalized spacial score (nSPS) is 19.6. The zero-order chi connectivity index (χ0) is 17.9. The van der Waals surface area contributed by atoms with E-state index in [2.05, 4.69) is 15.3 Å². The van der Waals surface area contributed by atoms with Gasteiger partial charge in [0, 0.05) is 17.6 Å². The van der Waals surface area contributed by atoms with Crippen LogP contribution < -0.4 is 11.1 Å². The number of nitrogens with zero attached hydrogens (tertiary/aromatic N) is 3. The molecule has 1 aromatic carbocycles. The molecule has 0 aliphatic carbocycles. The minimum atomic E-state index is -0.383. The summed E-state index contributed by atoms with van der Waals surface area (Å²) in [5.41, 5.74) is 7.85. The molecular weight excluding hydrogens is 334 g/mol. The Labute approximate surface area is 150 Å². The van der Waals surface area contributed by atoms with E-state index in [1.165, 1.54) is 12.3 Å². The predicted molar refractivity (Wildman–Crippen MR) is 99.4 cm³/mol. The van der Waals surface area contributed by atoms with E-state index >= 15 is 0 Å². The van der Waals surface area contributed by atoms with Crippen molar-refractivity contribution < 1.29 is 4.79 Å². The van der Waals surface area contributed by atoms with Gasteiger partial charge in [0.1, 0.15) is 11.8 Å². The summed E-state index contributed by atoms with van der Waals surface area (Å²) in [6.45, 7) is 2.05. The molecule has 25 heavy (non-hydrogen) atoms. The van der Waals surface area contributed by atoms with Gasteiger partial charge in [0.25, 0.3) is 5.91 Å². The zero-order valence-electron chi connectivity index (χ0n) is 13.7. The number of nitriles is 1. The van der Waals surface area contributed by atoms with Gasteiger partial charge >= 0.3 is 0 Å². The van der Waals surface area contributed by atoms with Gasteiger partial charge in [0.15, 0.2) is 5.17 Å². The highest BCUT2D eigenvalue weighted by Gasteiger charge is 2.29. The van der Waals surface area contributed by atoms with Crippen molar-refractivity contribution in [2.45, 2.75) is 18.9 Å². The molecule has 0 saturated carbocycles. The Hall–Kier alpha value is -2.85. The van der Waals surface area contributed by atoms with Crippen LogP contribution in [0, 0.1) is 11.3 Å². The first-order chi connectivity index (χ1) is 12.0. The highest BCUT2D eigenvalue weighted by Crippen LogP contribution is 2.35. The Bertz CT molecular complexity index is 872. The number of nitrogens with one attached hydrogen (secondary N) is 1. The van der Waals surface area contributed by atoms with E-state index < -0.39 is 0 Å². The standard InChI is InChI=1S/C18H17N5OS/c1-18(7-8-25-17(20)23-18)13-3-2-4-14(9-13)22-16(24)12-5-6-15(10-19)21-11-12/h2-6,9,11H,7-8H2,1H3,(H2,20,23)(H,22,24). The molecule has 126 valence electrons. The van der Waals surface area contributed by atoms with E-state index in [4.69, 9.17) is 11.0 Å². The smallest absolute Gasteiger partial charge is 0.257 e. The third kappa shape index (κ3) is 3.80. The number of thioether (sulfide) groups is 1. The third-order valence-corrected chi connectivity index (χ3v) is 4.87. The number of hydrogen-bond donors (Lipinski definition) is 2. The number of carbonyl (C=O) groups excluding carboxylic acids is 1. The Morgan fingerprint density at radius 1 is 1.40 bits per heavy atom. The summed E-state index contributed by atoms with van der Waals surface area (Å²) in [6.07, 6.45) is 2.28. The molecule has 0 spiro atoms. The van der Waals surface area contributed by atoms with Crippen LogP contribution in [-0.2, 0) is 5.54 Å². The quantitative estimate of drug-likeness (QED) is 0.885. The highest BCUT2D eigenvalue weighted by molar-refractivity contribution is 8.13. The number of nitrogens with two attached hydrogens (primary N) is 1. The fraction of sp³-hybridized carbons (Fsp3) is 0.222. The van der Waals surface area contributed by atoms with E-state index in [9.17, 15) is 4.79 Å². The number of carbonyl (C=O) groups is 1. The van der Waals surface area contributed by atoms with Crippen LogP contribution in [0.2, 0.25) is 0 Å². The van der Waals surface area contributed by atoms with Crippen LogP contribution in [0.25, 0.3) is 0 Å². The summed E-state index contributed by atoms with van der Waals surface area (Å²) in [6, 6.07) is 12.6. The average molecular weight is 351 g/mol. The van der Waals surface area contributed by atoms with Gasteiger partial charge in [0.2, 0.25) is 0 Å². The number of pyridine rings is 1. The summed E-state index contributed by atoms with van der Waals surface area (Å²) in [7, 11) is 0. The summed E-state index contributed by atoms with van der Waals surface area (Å²) in [4.78, 5) is 20.8. The second-order valence-corrected chi connectivity index (χ2v) is 7.02. The molecule has 0 fully saturated rings. The van der Waals surface area contributed by atoms with Gasteiger partial charge in [0.05, 0.1) is 11.1 Å². The number of amidine groups is 1. The van der Waals surface area contributed by atoms with Crippen molar-refractivity contribution in [1.29, 1.82) is 5.26 Å². The summed E-state index contributed by atoms with van der Waals surface area (Å²) >= 11 is 1.56. The number of benzene rings is 1. The van der Waals surface area contributed by atoms with Crippen molar-refractivity contribution >= 4 is 28.5 Å². The summed E-state index contributed by atoms with van der Waals surface area (Å²) in [5.74, 6) is 0.640. The average Bonchev–Trinajstić information content (AvgIpc) is 2.62. The molecule has 1 aliphatic rings. The molecular formula is C18H17N5OS. The van der Waals surface area contributed by atoms with E-state index in [-0.39, 0.29) is 17.1 Å². The van der Waals surface area contributed by atoms with Crippen LogP contribution >= 0.6 is 11.8 Å². The van der Waals surface area contributed by atoms with Crippen molar-refractivity contribution in [2.24, 2.45) is 10.7 Å².